The number of nitrogens with one attached hydrogen (secondary N) is 1. The van der Waals surface area contributed by atoms with E-state index in [9.17, 15) is 0 Å². The summed E-state index contributed by atoms with van der Waals surface area (Å²) >= 11 is 13.0. The number of aromatic nitrogens is 3. The molecule has 1 saturated heterocycles. The van der Waals surface area contributed by atoms with Crippen LogP contribution in [0.1, 0.15) is 24.3 Å². The molecule has 0 bridgehead atoms. The molecule has 29 heavy (non-hydrogen) atoms. The molecule has 6 nitrogen and oxygen atoms in total. The summed E-state index contributed by atoms with van der Waals surface area (Å²) in [4.78, 5) is 8.89. The summed E-state index contributed by atoms with van der Waals surface area (Å²) < 4.78 is 12.8. The summed E-state index contributed by atoms with van der Waals surface area (Å²) in [5, 5.41) is 4.31. The van der Waals surface area contributed by atoms with Gasteiger partial charge in [-0.25, -0.2) is 9.97 Å². The largest absolute Gasteiger partial charge is 0.366 e. The minimum atomic E-state index is -1.44. The normalized spacial score (nSPS) is 23.9. The average Bonchev–Trinajstić information content (AvgIpc) is 3.18. The minimum absolute atomic E-state index is 0.0114. The van der Waals surface area contributed by atoms with Crippen molar-refractivity contribution in [2.75, 3.05) is 18.5 Å². The number of alkyl halides is 2. The van der Waals surface area contributed by atoms with Gasteiger partial charge in [0.2, 0.25) is 4.52 Å². The molecule has 4 heterocycles. The van der Waals surface area contributed by atoms with Crippen LogP contribution < -0.4 is 5.32 Å². The molecule has 3 aromatic rings. The maximum absolute atomic E-state index is 6.51. The molecule has 3 atom stereocenters. The Kier molecular flexibility index (Phi) is 4.75. The van der Waals surface area contributed by atoms with Gasteiger partial charge < -0.3 is 19.4 Å². The summed E-state index contributed by atoms with van der Waals surface area (Å²) in [7, 11) is 0. The maximum atomic E-state index is 6.51. The van der Waals surface area contributed by atoms with E-state index >= 15 is 0 Å². The van der Waals surface area contributed by atoms with Gasteiger partial charge in [0.05, 0.1) is 18.1 Å². The van der Waals surface area contributed by atoms with Gasteiger partial charge in [-0.15, -0.1) is 0 Å². The zero-order valence-corrected chi connectivity index (χ0v) is 17.3. The highest BCUT2D eigenvalue weighted by Crippen LogP contribution is 2.43. The summed E-state index contributed by atoms with van der Waals surface area (Å²) in [6, 6.07) is 9.37. The number of nitrogens with zero attached hydrogens (tertiary/aromatic N) is 3. The standard InChI is InChI=1S/C21H20Cl2N4O2/c1-13-16(29-21(22,23)15-7-3-2-4-8-15)11-28-20(13)27-10-14-6-5-9-24-18-17(14)19(27)26-12-25-18/h2-8,10,12-13,16,20H,9,11H2,1H3,(H,24,25,26)/t13-,16+,20?/m0/s1. The highest BCUT2D eigenvalue weighted by molar-refractivity contribution is 6.46. The molecule has 1 unspecified atom stereocenters. The molecule has 150 valence electrons. The number of rotatable bonds is 4. The summed E-state index contributed by atoms with van der Waals surface area (Å²) in [5.41, 5.74) is 2.59. The molecule has 1 aromatic carbocycles. The van der Waals surface area contributed by atoms with Crippen LogP contribution in [-0.2, 0) is 14.0 Å². The molecule has 1 fully saturated rings. The van der Waals surface area contributed by atoms with Crippen molar-refractivity contribution in [2.45, 2.75) is 23.8 Å². The van der Waals surface area contributed by atoms with E-state index in [-0.39, 0.29) is 18.2 Å². The Morgan fingerprint density at radius 1 is 1.24 bits per heavy atom. The van der Waals surface area contributed by atoms with E-state index < -0.39 is 4.52 Å². The third kappa shape index (κ3) is 3.30. The SMILES string of the molecule is C[C@@H]1C(n2cc3c4c(ncnc42)NCC=C3)OC[C@H]1OC(Cl)(Cl)c1ccccc1. The monoisotopic (exact) mass is 430 g/mol. The van der Waals surface area contributed by atoms with Gasteiger partial charge >= 0.3 is 0 Å². The van der Waals surface area contributed by atoms with Gasteiger partial charge in [-0.1, -0.05) is 72.6 Å². The van der Waals surface area contributed by atoms with E-state index in [1.165, 1.54) is 0 Å². The van der Waals surface area contributed by atoms with Gasteiger partial charge in [0, 0.05) is 29.8 Å². The molecule has 8 heteroatoms. The van der Waals surface area contributed by atoms with E-state index in [2.05, 4.69) is 40.6 Å². The van der Waals surface area contributed by atoms with Crippen molar-refractivity contribution in [3.63, 3.8) is 0 Å². The first-order valence-electron chi connectivity index (χ1n) is 9.53. The molecular formula is C21H20Cl2N4O2. The second-order valence-corrected chi connectivity index (χ2v) is 8.58. The third-order valence-electron chi connectivity index (χ3n) is 5.47. The number of benzene rings is 1. The minimum Gasteiger partial charge on any atom is -0.366 e. The lowest BCUT2D eigenvalue weighted by atomic mass is 10.1. The molecule has 2 aliphatic heterocycles. The van der Waals surface area contributed by atoms with Gasteiger partial charge in [0.1, 0.15) is 24.0 Å². The zero-order valence-electron chi connectivity index (χ0n) is 15.8. The highest BCUT2D eigenvalue weighted by Gasteiger charge is 2.42. The van der Waals surface area contributed by atoms with Crippen molar-refractivity contribution in [1.82, 2.24) is 14.5 Å². The molecule has 5 rings (SSSR count). The average molecular weight is 431 g/mol. The Morgan fingerprint density at radius 3 is 2.90 bits per heavy atom. The third-order valence-corrected chi connectivity index (χ3v) is 6.09. The van der Waals surface area contributed by atoms with Crippen LogP contribution in [0.5, 0.6) is 0 Å². The van der Waals surface area contributed by atoms with Crippen molar-refractivity contribution < 1.29 is 9.47 Å². The van der Waals surface area contributed by atoms with E-state index in [4.69, 9.17) is 32.7 Å². The van der Waals surface area contributed by atoms with Crippen LogP contribution in [0, 0.1) is 5.92 Å². The van der Waals surface area contributed by atoms with Gasteiger partial charge in [0.15, 0.2) is 0 Å². The predicted octanol–water partition coefficient (Wildman–Crippen LogP) is 4.71. The molecule has 0 radical (unpaired) electrons. The Labute approximate surface area is 178 Å². The topological polar surface area (TPSA) is 61.2 Å². The first kappa shape index (κ1) is 18.9. The van der Waals surface area contributed by atoms with E-state index in [0.29, 0.717) is 12.2 Å². The van der Waals surface area contributed by atoms with Crippen molar-refractivity contribution >= 4 is 46.1 Å². The number of halogens is 2. The van der Waals surface area contributed by atoms with E-state index in [1.807, 2.05) is 34.9 Å². The number of hydrogen-bond acceptors (Lipinski definition) is 5. The van der Waals surface area contributed by atoms with Crippen molar-refractivity contribution in [2.24, 2.45) is 5.92 Å². The first-order chi connectivity index (χ1) is 14.0. The Bertz CT molecular complexity index is 1070. The molecule has 2 aromatic heterocycles. The highest BCUT2D eigenvalue weighted by atomic mass is 35.5. The number of hydrogen-bond donors (Lipinski definition) is 1. The van der Waals surface area contributed by atoms with Crippen LogP contribution in [-0.4, -0.2) is 33.8 Å². The summed E-state index contributed by atoms with van der Waals surface area (Å²) in [5.74, 6) is 0.842. The predicted molar refractivity (Wildman–Crippen MR) is 114 cm³/mol. The van der Waals surface area contributed by atoms with Crippen LogP contribution in [0.25, 0.3) is 17.1 Å². The molecule has 0 spiro atoms. The maximum Gasteiger partial charge on any atom is 0.244 e. The molecule has 0 saturated carbocycles. The Balaban J connectivity index is 1.44. The second-order valence-electron chi connectivity index (χ2n) is 7.32. The second kappa shape index (κ2) is 7.29. The van der Waals surface area contributed by atoms with Crippen molar-refractivity contribution in [1.29, 1.82) is 0 Å². The lowest BCUT2D eigenvalue weighted by molar-refractivity contribution is -0.0141. The number of ether oxygens (including phenoxy) is 2. The van der Waals surface area contributed by atoms with Gasteiger partial charge in [0.25, 0.3) is 0 Å². The smallest absolute Gasteiger partial charge is 0.244 e. The summed E-state index contributed by atoms with van der Waals surface area (Å²) in [6.45, 7) is 3.20. The summed E-state index contributed by atoms with van der Waals surface area (Å²) in [6.07, 6.45) is 7.27. The number of anilines is 1. The van der Waals surface area contributed by atoms with Gasteiger partial charge in [-0.2, -0.15) is 0 Å². The molecular weight excluding hydrogens is 411 g/mol. The van der Waals surface area contributed by atoms with Crippen LogP contribution in [0.3, 0.4) is 0 Å². The lowest BCUT2D eigenvalue weighted by Crippen LogP contribution is -2.29. The zero-order chi connectivity index (χ0) is 20.0. The fraction of sp³-hybridized carbons (Fsp3) is 0.333. The lowest BCUT2D eigenvalue weighted by Gasteiger charge is -2.27. The van der Waals surface area contributed by atoms with E-state index in [1.54, 1.807) is 6.33 Å². The van der Waals surface area contributed by atoms with Crippen molar-refractivity contribution in [3.8, 4) is 0 Å². The quantitative estimate of drug-likeness (QED) is 0.607. The van der Waals surface area contributed by atoms with Crippen LogP contribution >= 0.6 is 23.2 Å². The first-order valence-corrected chi connectivity index (χ1v) is 10.3. The van der Waals surface area contributed by atoms with Crippen LogP contribution in [0.4, 0.5) is 5.82 Å². The van der Waals surface area contributed by atoms with Crippen molar-refractivity contribution in [3.05, 3.63) is 60.1 Å². The fourth-order valence-corrected chi connectivity index (χ4v) is 4.44. The van der Waals surface area contributed by atoms with E-state index in [0.717, 1.165) is 29.0 Å². The Hall–Kier alpha value is -2.12. The van der Waals surface area contributed by atoms with Crippen LogP contribution in [0.15, 0.2) is 48.9 Å². The fourth-order valence-electron chi connectivity index (χ4n) is 3.96. The molecule has 2 aliphatic rings. The Morgan fingerprint density at radius 2 is 2.07 bits per heavy atom. The molecule has 0 aliphatic carbocycles. The molecule has 0 amide bonds. The van der Waals surface area contributed by atoms with Crippen LogP contribution in [0.2, 0.25) is 0 Å². The van der Waals surface area contributed by atoms with Gasteiger partial charge in [-0.05, 0) is 0 Å². The van der Waals surface area contributed by atoms with Gasteiger partial charge in [-0.3, -0.25) is 0 Å². The molecule has 1 N–H and O–H groups in total.